The topological polar surface area (TPSA) is 138 Å². The van der Waals surface area contributed by atoms with Crippen molar-refractivity contribution in [2.75, 3.05) is 49.1 Å². The molecular weight excluding hydrogens is 576 g/mol. The standard InChI is InChI=1S/C32H40N8O3S/c1-22(2)44(42,43)28-11-4-3-10-26(28)35-31-30-27(36-32(33)37-31)14-19-40(30)25-9-7-8-23(20-25)34-29(41)21-38-17-12-24(13-18-38)39-15-5-6-16-39/h3-4,7-11,14,19-20,22,24H,5-6,12-13,15-18,21H2,1-2H3,(H,34,41)(H3,33,35,36,37). The molecule has 2 aliphatic rings. The van der Waals surface area contributed by atoms with Crippen LogP contribution in [0.2, 0.25) is 0 Å². The molecule has 1 amide bonds. The zero-order valence-corrected chi connectivity index (χ0v) is 26.1. The van der Waals surface area contributed by atoms with Crippen LogP contribution in [0.4, 0.5) is 23.1 Å². The molecule has 0 bridgehead atoms. The number of carbonyl (C=O) groups is 1. The number of sulfone groups is 1. The Morgan fingerprint density at radius 2 is 1.75 bits per heavy atom. The SMILES string of the molecule is CC(C)S(=O)(=O)c1ccccc1Nc1nc(N)nc2ccn(-c3cccc(NC(=O)CN4CCC(N5CCCC5)CC4)c3)c12. The highest BCUT2D eigenvalue weighted by molar-refractivity contribution is 7.92. The normalized spacial score (nSPS) is 17.0. The first-order valence-corrected chi connectivity index (χ1v) is 16.8. The van der Waals surface area contributed by atoms with Gasteiger partial charge in [-0.25, -0.2) is 13.4 Å². The fraction of sp³-hybridized carbons (Fsp3) is 0.406. The molecule has 6 rings (SSSR count). The van der Waals surface area contributed by atoms with E-state index in [1.165, 1.54) is 25.9 Å². The molecule has 0 atom stereocenters. The lowest BCUT2D eigenvalue weighted by Crippen LogP contribution is -2.45. The average molecular weight is 617 g/mol. The number of likely N-dealkylation sites (tertiary alicyclic amines) is 2. The van der Waals surface area contributed by atoms with Crippen LogP contribution < -0.4 is 16.4 Å². The van der Waals surface area contributed by atoms with Gasteiger partial charge in [0.25, 0.3) is 0 Å². The molecule has 12 heteroatoms. The summed E-state index contributed by atoms with van der Waals surface area (Å²) in [7, 11) is -3.56. The molecule has 11 nitrogen and oxygen atoms in total. The van der Waals surface area contributed by atoms with Gasteiger partial charge in [0.2, 0.25) is 11.9 Å². The minimum absolute atomic E-state index is 0.0411. The largest absolute Gasteiger partial charge is 0.368 e. The van der Waals surface area contributed by atoms with E-state index in [2.05, 4.69) is 30.4 Å². The van der Waals surface area contributed by atoms with Crippen molar-refractivity contribution in [3.05, 3.63) is 60.8 Å². The van der Waals surface area contributed by atoms with Crippen LogP contribution in [0.5, 0.6) is 0 Å². The third kappa shape index (κ3) is 6.28. The average Bonchev–Trinajstić information content (AvgIpc) is 3.69. The summed E-state index contributed by atoms with van der Waals surface area (Å²) in [6, 6.07) is 16.8. The Balaban J connectivity index is 1.21. The Bertz CT molecular complexity index is 1760. The van der Waals surface area contributed by atoms with Gasteiger partial charge in [0.05, 0.1) is 27.9 Å². The molecule has 0 radical (unpaired) electrons. The Labute approximate surface area is 258 Å². The van der Waals surface area contributed by atoms with Crippen LogP contribution in [0.25, 0.3) is 16.7 Å². The third-order valence-corrected chi connectivity index (χ3v) is 10.8. The van der Waals surface area contributed by atoms with Gasteiger partial charge in [-0.15, -0.1) is 0 Å². The first-order chi connectivity index (χ1) is 21.2. The Kier molecular flexibility index (Phi) is 8.57. The molecule has 0 saturated carbocycles. The van der Waals surface area contributed by atoms with E-state index in [-0.39, 0.29) is 16.8 Å². The summed E-state index contributed by atoms with van der Waals surface area (Å²) < 4.78 is 28.1. The quantitative estimate of drug-likeness (QED) is 0.249. The maximum Gasteiger partial charge on any atom is 0.238 e. The number of nitrogens with two attached hydrogens (primary N) is 1. The van der Waals surface area contributed by atoms with Crippen molar-refractivity contribution in [3.63, 3.8) is 0 Å². The van der Waals surface area contributed by atoms with E-state index in [0.29, 0.717) is 40.8 Å². The zero-order chi connectivity index (χ0) is 30.8. The monoisotopic (exact) mass is 616 g/mol. The van der Waals surface area contributed by atoms with Gasteiger partial charge in [0.1, 0.15) is 5.52 Å². The number of piperidine rings is 1. The van der Waals surface area contributed by atoms with Crippen molar-refractivity contribution in [1.29, 1.82) is 0 Å². The third-order valence-electron chi connectivity index (χ3n) is 8.61. The number of nitrogens with one attached hydrogen (secondary N) is 2. The van der Waals surface area contributed by atoms with Gasteiger partial charge in [-0.05, 0) is 89.0 Å². The molecule has 4 heterocycles. The summed E-state index contributed by atoms with van der Waals surface area (Å²) in [6.45, 7) is 7.96. The lowest BCUT2D eigenvalue weighted by atomic mass is 10.0. The van der Waals surface area contributed by atoms with Crippen molar-refractivity contribution in [1.82, 2.24) is 24.3 Å². The minimum atomic E-state index is -3.56. The molecule has 0 unspecified atom stereocenters. The summed E-state index contributed by atoms with van der Waals surface area (Å²) in [4.78, 5) is 26.9. The van der Waals surface area contributed by atoms with Crippen LogP contribution in [0.15, 0.2) is 65.7 Å². The number of para-hydroxylation sites is 1. The summed E-state index contributed by atoms with van der Waals surface area (Å²) in [5.41, 5.74) is 9.13. The van der Waals surface area contributed by atoms with Crippen LogP contribution in [0.1, 0.15) is 39.5 Å². The number of amides is 1. The van der Waals surface area contributed by atoms with Gasteiger partial charge >= 0.3 is 0 Å². The molecule has 2 aliphatic heterocycles. The molecule has 44 heavy (non-hydrogen) atoms. The number of carbonyl (C=O) groups excluding carboxylic acids is 1. The molecule has 4 N–H and O–H groups in total. The number of aromatic nitrogens is 3. The summed E-state index contributed by atoms with van der Waals surface area (Å²) >= 11 is 0. The van der Waals surface area contributed by atoms with Gasteiger partial charge in [0, 0.05) is 36.7 Å². The van der Waals surface area contributed by atoms with E-state index >= 15 is 0 Å². The van der Waals surface area contributed by atoms with Crippen molar-refractivity contribution < 1.29 is 13.2 Å². The lowest BCUT2D eigenvalue weighted by Gasteiger charge is -2.36. The molecule has 232 valence electrons. The second kappa shape index (κ2) is 12.5. The lowest BCUT2D eigenvalue weighted by molar-refractivity contribution is -0.117. The molecule has 2 aromatic carbocycles. The fourth-order valence-electron chi connectivity index (χ4n) is 6.25. The van der Waals surface area contributed by atoms with Gasteiger partial charge in [-0.3, -0.25) is 9.69 Å². The molecule has 2 saturated heterocycles. The van der Waals surface area contributed by atoms with Gasteiger partial charge in [-0.1, -0.05) is 18.2 Å². The minimum Gasteiger partial charge on any atom is -0.368 e. The van der Waals surface area contributed by atoms with Crippen molar-refractivity contribution in [2.24, 2.45) is 0 Å². The smallest absolute Gasteiger partial charge is 0.238 e. The Morgan fingerprint density at radius 1 is 1.00 bits per heavy atom. The second-order valence-corrected chi connectivity index (χ2v) is 14.4. The van der Waals surface area contributed by atoms with Gasteiger partial charge in [0.15, 0.2) is 15.7 Å². The predicted molar refractivity (Wildman–Crippen MR) is 174 cm³/mol. The maximum atomic E-state index is 13.1. The van der Waals surface area contributed by atoms with Crippen molar-refractivity contribution in [3.8, 4) is 5.69 Å². The number of benzene rings is 2. The number of hydrogen-bond acceptors (Lipinski definition) is 9. The molecule has 2 aromatic heterocycles. The van der Waals surface area contributed by atoms with E-state index in [1.54, 1.807) is 38.1 Å². The van der Waals surface area contributed by atoms with Crippen LogP contribution in [-0.2, 0) is 14.6 Å². The zero-order valence-electron chi connectivity index (χ0n) is 25.2. The summed E-state index contributed by atoms with van der Waals surface area (Å²) in [5.74, 6) is 0.392. The van der Waals surface area contributed by atoms with Gasteiger partial charge < -0.3 is 25.8 Å². The number of anilines is 4. The van der Waals surface area contributed by atoms with Crippen molar-refractivity contribution >= 4 is 49.9 Å². The van der Waals surface area contributed by atoms with Crippen molar-refractivity contribution in [2.45, 2.75) is 55.7 Å². The van der Waals surface area contributed by atoms with Crippen LogP contribution in [-0.4, -0.2) is 82.7 Å². The highest BCUT2D eigenvalue weighted by Crippen LogP contribution is 2.32. The van der Waals surface area contributed by atoms with E-state index in [0.717, 1.165) is 31.6 Å². The van der Waals surface area contributed by atoms with E-state index in [1.807, 2.05) is 41.1 Å². The van der Waals surface area contributed by atoms with Crippen LogP contribution >= 0.6 is 0 Å². The van der Waals surface area contributed by atoms with Crippen LogP contribution in [0, 0.1) is 0 Å². The molecule has 2 fully saturated rings. The van der Waals surface area contributed by atoms with E-state index in [9.17, 15) is 13.2 Å². The number of nitrogens with zero attached hydrogens (tertiary/aromatic N) is 5. The number of nitrogen functional groups attached to an aromatic ring is 1. The number of fused-ring (bicyclic) bond motifs is 1. The highest BCUT2D eigenvalue weighted by Gasteiger charge is 2.27. The molecular formula is C32H40N8O3S. The van der Waals surface area contributed by atoms with Crippen LogP contribution in [0.3, 0.4) is 0 Å². The molecule has 4 aromatic rings. The highest BCUT2D eigenvalue weighted by atomic mass is 32.2. The fourth-order valence-corrected chi connectivity index (χ4v) is 7.45. The van der Waals surface area contributed by atoms with Gasteiger partial charge in [-0.2, -0.15) is 4.98 Å². The molecule has 0 spiro atoms. The Morgan fingerprint density at radius 3 is 2.50 bits per heavy atom. The summed E-state index contributed by atoms with van der Waals surface area (Å²) in [5, 5.41) is 5.69. The number of hydrogen-bond donors (Lipinski definition) is 3. The molecule has 0 aliphatic carbocycles. The van der Waals surface area contributed by atoms with E-state index < -0.39 is 15.1 Å². The first kappa shape index (κ1) is 30.0. The first-order valence-electron chi connectivity index (χ1n) is 15.3. The Hall–Kier alpha value is -4.00. The maximum absolute atomic E-state index is 13.1. The summed E-state index contributed by atoms with van der Waals surface area (Å²) in [6.07, 6.45) is 6.68. The van der Waals surface area contributed by atoms with E-state index in [4.69, 9.17) is 5.73 Å². The second-order valence-electron chi connectivity index (χ2n) is 11.9. The predicted octanol–water partition coefficient (Wildman–Crippen LogP) is 4.43. The number of rotatable bonds is 9.